The first-order valence-corrected chi connectivity index (χ1v) is 13.4. The number of hydrogen-bond acceptors (Lipinski definition) is 4. The maximum Gasteiger partial charge on any atom is 0.219 e. The monoisotopic (exact) mass is 477 g/mol. The van der Waals surface area contributed by atoms with Gasteiger partial charge in [-0.15, -0.1) is 0 Å². The summed E-state index contributed by atoms with van der Waals surface area (Å²) in [5, 5.41) is 0. The van der Waals surface area contributed by atoms with Crippen LogP contribution in [-0.4, -0.2) is 75.0 Å². The van der Waals surface area contributed by atoms with Crippen molar-refractivity contribution in [2.24, 2.45) is 0 Å². The highest BCUT2D eigenvalue weighted by Gasteiger charge is 2.43. The van der Waals surface area contributed by atoms with Gasteiger partial charge in [-0.3, -0.25) is 4.79 Å². The lowest BCUT2D eigenvalue weighted by Crippen LogP contribution is -2.55. The van der Waals surface area contributed by atoms with Crippen LogP contribution >= 0.6 is 0 Å². The van der Waals surface area contributed by atoms with E-state index in [1.165, 1.54) is 0 Å². The highest BCUT2D eigenvalue weighted by molar-refractivity contribution is 7.98. The van der Waals surface area contributed by atoms with Gasteiger partial charge < -0.3 is 14.5 Å². The summed E-state index contributed by atoms with van der Waals surface area (Å²) in [4.78, 5) is 16.6. The molecule has 34 heavy (non-hydrogen) atoms. The van der Waals surface area contributed by atoms with Crippen molar-refractivity contribution < 1.29 is 13.7 Å². The highest BCUT2D eigenvalue weighted by Crippen LogP contribution is 2.38. The van der Waals surface area contributed by atoms with Crippen LogP contribution in [0.1, 0.15) is 18.5 Å². The van der Waals surface area contributed by atoms with Gasteiger partial charge in [0.15, 0.2) is 0 Å². The molecule has 2 saturated heterocycles. The number of piperazine rings is 1. The molecule has 2 aromatic carbocycles. The van der Waals surface area contributed by atoms with Crippen LogP contribution in [0.2, 0.25) is 0 Å². The van der Waals surface area contributed by atoms with Crippen LogP contribution < -0.4 is 0 Å². The van der Waals surface area contributed by atoms with E-state index in [0.717, 1.165) is 42.3 Å². The lowest BCUT2D eigenvalue weighted by molar-refractivity contribution is -0.130. The molecule has 0 spiro atoms. The molecular weight excluding hydrogens is 446 g/mol. The Labute approximate surface area is 202 Å². The number of carbonyl (C=O) groups excluding carboxylic acids is 1. The fourth-order valence-corrected chi connectivity index (χ4v) is 7.06. The number of carbonyl (C=O) groups is 1. The van der Waals surface area contributed by atoms with E-state index in [2.05, 4.69) is 45.4 Å². The lowest BCUT2D eigenvalue weighted by atomic mass is 9.97. The van der Waals surface area contributed by atoms with Crippen molar-refractivity contribution in [1.82, 2.24) is 14.1 Å². The zero-order valence-electron chi connectivity index (χ0n) is 19.5. The number of ether oxygens (including phenoxy) is 1. The molecule has 4 atom stereocenters. The second-order valence-electron chi connectivity index (χ2n) is 8.97. The lowest BCUT2D eigenvalue weighted by Gasteiger charge is -2.47. The van der Waals surface area contributed by atoms with E-state index >= 15 is 0 Å². The molecule has 0 aromatic heterocycles. The standard InChI is InChI=1S/C27H31N3O3S/c1-21(31)28-15-17-29(18-16-28)23-13-14-25-27(19-23)33-20-26(22-9-5-3-6-10-22)30(25)34(2,32)24-11-7-4-8-12-24/h3-14,19,25-27H,2,15-18,20H2,1H3. The highest BCUT2D eigenvalue weighted by atomic mass is 32.2. The number of allylic oxidation sites excluding steroid dienone is 1. The number of hydrogen-bond donors (Lipinski definition) is 0. The van der Waals surface area contributed by atoms with Crippen LogP contribution in [-0.2, 0) is 19.2 Å². The molecule has 2 aromatic rings. The van der Waals surface area contributed by atoms with E-state index in [9.17, 15) is 9.00 Å². The Balaban J connectivity index is 1.45. The van der Waals surface area contributed by atoms with Crippen LogP contribution in [0.3, 0.4) is 0 Å². The van der Waals surface area contributed by atoms with Gasteiger partial charge in [0, 0.05) is 43.7 Å². The first-order valence-electron chi connectivity index (χ1n) is 11.7. The summed E-state index contributed by atoms with van der Waals surface area (Å²) in [5.41, 5.74) is 2.16. The average Bonchev–Trinajstić information content (AvgIpc) is 2.88. The molecule has 0 saturated carbocycles. The van der Waals surface area contributed by atoms with Crippen LogP contribution in [0.15, 0.2) is 89.5 Å². The van der Waals surface area contributed by atoms with Crippen molar-refractivity contribution in [2.45, 2.75) is 30.0 Å². The molecule has 0 N–H and O–H groups in total. The maximum atomic E-state index is 14.3. The van der Waals surface area contributed by atoms with Gasteiger partial charge in [0.25, 0.3) is 0 Å². The fraction of sp³-hybridized carbons (Fsp3) is 0.333. The molecule has 2 heterocycles. The summed E-state index contributed by atoms with van der Waals surface area (Å²) in [6, 6.07) is 19.3. The molecule has 0 bridgehead atoms. The molecule has 1 aliphatic carbocycles. The Morgan fingerprint density at radius 1 is 1.00 bits per heavy atom. The second-order valence-corrected chi connectivity index (χ2v) is 11.1. The Bertz CT molecular complexity index is 1190. The van der Waals surface area contributed by atoms with Gasteiger partial charge in [-0.1, -0.05) is 54.6 Å². The molecule has 3 aliphatic rings. The van der Waals surface area contributed by atoms with Crippen molar-refractivity contribution in [1.29, 1.82) is 0 Å². The third-order valence-corrected chi connectivity index (χ3v) is 9.10. The largest absolute Gasteiger partial charge is 0.370 e. The van der Waals surface area contributed by atoms with Crippen molar-refractivity contribution >= 4 is 21.5 Å². The molecular formula is C27H31N3O3S. The molecule has 4 unspecified atom stereocenters. The van der Waals surface area contributed by atoms with Crippen LogP contribution in [0, 0.1) is 0 Å². The zero-order valence-corrected chi connectivity index (χ0v) is 20.3. The Kier molecular flexibility index (Phi) is 6.34. The van der Waals surface area contributed by atoms with E-state index in [4.69, 9.17) is 4.74 Å². The van der Waals surface area contributed by atoms with Gasteiger partial charge in [-0.05, 0) is 35.7 Å². The van der Waals surface area contributed by atoms with Gasteiger partial charge in [-0.25, -0.2) is 8.51 Å². The molecule has 1 amide bonds. The minimum atomic E-state index is -2.77. The minimum Gasteiger partial charge on any atom is -0.370 e. The second kappa shape index (κ2) is 9.41. The third-order valence-electron chi connectivity index (χ3n) is 6.91. The SMILES string of the molecule is C=S(=O)(c1ccccc1)N1C(c2ccccc2)COC2C=C(N3CCN(C(C)=O)CC3)C=CC21. The van der Waals surface area contributed by atoms with Gasteiger partial charge in [0.1, 0.15) is 0 Å². The van der Waals surface area contributed by atoms with Crippen molar-refractivity contribution in [3.05, 3.63) is 90.2 Å². The van der Waals surface area contributed by atoms with Crippen LogP contribution in [0.5, 0.6) is 0 Å². The summed E-state index contributed by atoms with van der Waals surface area (Å²) in [6.07, 6.45) is 6.13. The normalized spacial score (nSPS) is 27.0. The van der Waals surface area contributed by atoms with Crippen molar-refractivity contribution in [2.75, 3.05) is 32.8 Å². The number of benzene rings is 2. The van der Waals surface area contributed by atoms with Crippen LogP contribution in [0.4, 0.5) is 0 Å². The van der Waals surface area contributed by atoms with Crippen molar-refractivity contribution in [3.8, 4) is 0 Å². The molecule has 0 radical (unpaired) electrons. The van der Waals surface area contributed by atoms with E-state index in [1.807, 2.05) is 53.4 Å². The Morgan fingerprint density at radius 3 is 2.29 bits per heavy atom. The number of fused-ring (bicyclic) bond motifs is 1. The summed E-state index contributed by atoms with van der Waals surface area (Å²) in [5.74, 6) is 4.38. The summed E-state index contributed by atoms with van der Waals surface area (Å²) in [6.45, 7) is 5.08. The van der Waals surface area contributed by atoms with Gasteiger partial charge >= 0.3 is 0 Å². The quantitative estimate of drug-likeness (QED) is 0.635. The number of nitrogens with zero attached hydrogens (tertiary/aromatic N) is 3. The number of morpholine rings is 1. The Morgan fingerprint density at radius 2 is 1.65 bits per heavy atom. The third kappa shape index (κ3) is 4.31. The average molecular weight is 478 g/mol. The number of rotatable bonds is 4. The van der Waals surface area contributed by atoms with E-state index in [-0.39, 0.29) is 24.1 Å². The summed E-state index contributed by atoms with van der Waals surface area (Å²) < 4.78 is 22.8. The summed E-state index contributed by atoms with van der Waals surface area (Å²) >= 11 is 0. The number of amides is 1. The van der Waals surface area contributed by atoms with Gasteiger partial charge in [0.2, 0.25) is 5.91 Å². The van der Waals surface area contributed by atoms with E-state index in [0.29, 0.717) is 6.61 Å². The fourth-order valence-electron chi connectivity index (χ4n) is 5.05. The maximum absolute atomic E-state index is 14.3. The van der Waals surface area contributed by atoms with Gasteiger partial charge in [0.05, 0.1) is 34.5 Å². The topological polar surface area (TPSA) is 53.1 Å². The van der Waals surface area contributed by atoms with Crippen molar-refractivity contribution in [3.63, 3.8) is 0 Å². The predicted molar refractivity (Wildman–Crippen MR) is 136 cm³/mol. The molecule has 2 aliphatic heterocycles. The van der Waals surface area contributed by atoms with Gasteiger partial charge in [-0.2, -0.15) is 0 Å². The predicted octanol–water partition coefficient (Wildman–Crippen LogP) is 3.11. The summed E-state index contributed by atoms with van der Waals surface area (Å²) in [7, 11) is -2.77. The molecule has 7 heteroatoms. The molecule has 5 rings (SSSR count). The van der Waals surface area contributed by atoms with E-state index < -0.39 is 9.71 Å². The van der Waals surface area contributed by atoms with E-state index in [1.54, 1.807) is 6.92 Å². The van der Waals surface area contributed by atoms with Crippen LogP contribution in [0.25, 0.3) is 0 Å². The first kappa shape index (κ1) is 22.9. The minimum absolute atomic E-state index is 0.122. The molecule has 2 fully saturated rings. The molecule has 178 valence electrons. The smallest absolute Gasteiger partial charge is 0.219 e. The first-order chi connectivity index (χ1) is 16.4. The molecule has 6 nitrogen and oxygen atoms in total. The zero-order chi connectivity index (χ0) is 23.7. The Hall–Kier alpha value is -2.87.